The topological polar surface area (TPSA) is 126 Å². The summed E-state index contributed by atoms with van der Waals surface area (Å²) in [7, 11) is 0. The summed E-state index contributed by atoms with van der Waals surface area (Å²) < 4.78 is 1.35. The third-order valence-corrected chi connectivity index (χ3v) is 5.27. The van der Waals surface area contributed by atoms with Gasteiger partial charge in [0.15, 0.2) is 5.65 Å². The maximum Gasteiger partial charge on any atom is 0.329 e. The summed E-state index contributed by atoms with van der Waals surface area (Å²) in [6.07, 6.45) is 2.68. The van der Waals surface area contributed by atoms with Gasteiger partial charge in [-0.1, -0.05) is 6.92 Å². The number of aryl methyl sites for hydroxylation is 1. The van der Waals surface area contributed by atoms with Crippen molar-refractivity contribution < 1.29 is 9.59 Å². The van der Waals surface area contributed by atoms with Crippen LogP contribution in [0.3, 0.4) is 0 Å². The molecule has 156 valence electrons. The second kappa shape index (κ2) is 8.18. The molecule has 2 aromatic rings. The van der Waals surface area contributed by atoms with Crippen LogP contribution in [-0.2, 0) is 11.3 Å². The number of aromatic nitrogens is 3. The lowest BCUT2D eigenvalue weighted by Gasteiger charge is -2.18. The third kappa shape index (κ3) is 4.23. The summed E-state index contributed by atoms with van der Waals surface area (Å²) in [5.74, 6) is -0.623. The predicted molar refractivity (Wildman–Crippen MR) is 109 cm³/mol. The van der Waals surface area contributed by atoms with Crippen LogP contribution < -0.4 is 21.9 Å². The second-order valence-corrected chi connectivity index (χ2v) is 7.58. The molecule has 0 bridgehead atoms. The average molecular weight is 401 g/mol. The number of aromatic amines is 1. The van der Waals surface area contributed by atoms with Gasteiger partial charge in [-0.25, -0.2) is 9.78 Å². The van der Waals surface area contributed by atoms with Crippen molar-refractivity contribution in [2.24, 2.45) is 0 Å². The van der Waals surface area contributed by atoms with Gasteiger partial charge in [-0.2, -0.15) is 0 Å². The van der Waals surface area contributed by atoms with Crippen molar-refractivity contribution in [3.05, 3.63) is 38.2 Å². The van der Waals surface area contributed by atoms with Gasteiger partial charge in [0.25, 0.3) is 11.5 Å². The second-order valence-electron chi connectivity index (χ2n) is 7.58. The number of hydrogen-bond acceptors (Lipinski definition) is 5. The molecule has 2 amide bonds. The minimum absolute atomic E-state index is 0.00749. The highest BCUT2D eigenvalue weighted by Gasteiger charge is 2.29. The number of hydrogen-bond donors (Lipinski definition) is 3. The van der Waals surface area contributed by atoms with Crippen LogP contribution in [0.5, 0.6) is 0 Å². The molecule has 1 saturated carbocycles. The SMILES string of the molecule is CCC(C)NC(=O)C(C)NC(=O)c1cc(C2CC2)nc2c1c(=O)[nH]c(=O)n2CC. The lowest BCUT2D eigenvalue weighted by molar-refractivity contribution is -0.123. The molecule has 0 spiro atoms. The molecule has 2 unspecified atom stereocenters. The fourth-order valence-corrected chi connectivity index (χ4v) is 3.16. The number of nitrogens with one attached hydrogen (secondary N) is 3. The Morgan fingerprint density at radius 3 is 2.52 bits per heavy atom. The van der Waals surface area contributed by atoms with Crippen molar-refractivity contribution in [3.8, 4) is 0 Å². The Kier molecular flexibility index (Phi) is 5.86. The van der Waals surface area contributed by atoms with E-state index in [2.05, 4.69) is 20.6 Å². The Hall–Kier alpha value is -2.97. The zero-order valence-corrected chi connectivity index (χ0v) is 17.2. The molecule has 2 aromatic heterocycles. The normalized spacial score (nSPS) is 15.7. The average Bonchev–Trinajstić information content (AvgIpc) is 3.52. The van der Waals surface area contributed by atoms with E-state index in [4.69, 9.17) is 0 Å². The highest BCUT2D eigenvalue weighted by atomic mass is 16.2. The molecular weight excluding hydrogens is 374 g/mol. The van der Waals surface area contributed by atoms with Crippen molar-refractivity contribution in [2.75, 3.05) is 0 Å². The first-order valence-corrected chi connectivity index (χ1v) is 10.1. The van der Waals surface area contributed by atoms with Crippen LogP contribution in [0.4, 0.5) is 0 Å². The Morgan fingerprint density at radius 2 is 1.93 bits per heavy atom. The fourth-order valence-electron chi connectivity index (χ4n) is 3.16. The van der Waals surface area contributed by atoms with E-state index in [0.717, 1.165) is 19.3 Å². The summed E-state index contributed by atoms with van der Waals surface area (Å²) in [5, 5.41) is 5.54. The van der Waals surface area contributed by atoms with Crippen molar-refractivity contribution >= 4 is 22.8 Å². The Balaban J connectivity index is 2.04. The van der Waals surface area contributed by atoms with Crippen LogP contribution in [0.2, 0.25) is 0 Å². The van der Waals surface area contributed by atoms with E-state index < -0.39 is 23.2 Å². The summed E-state index contributed by atoms with van der Waals surface area (Å²) >= 11 is 0. The molecule has 0 saturated heterocycles. The number of carbonyl (C=O) groups excluding carboxylic acids is 2. The van der Waals surface area contributed by atoms with E-state index in [0.29, 0.717) is 12.2 Å². The van der Waals surface area contributed by atoms with Gasteiger partial charge in [-0.15, -0.1) is 0 Å². The van der Waals surface area contributed by atoms with E-state index in [1.165, 1.54) is 4.57 Å². The fraction of sp³-hybridized carbons (Fsp3) is 0.550. The van der Waals surface area contributed by atoms with Crippen LogP contribution in [-0.4, -0.2) is 38.4 Å². The van der Waals surface area contributed by atoms with Gasteiger partial charge < -0.3 is 10.6 Å². The molecular formula is C20H27N5O4. The molecule has 3 N–H and O–H groups in total. The lowest BCUT2D eigenvalue weighted by atomic mass is 10.1. The van der Waals surface area contributed by atoms with Crippen molar-refractivity contribution in [1.29, 1.82) is 0 Å². The standard InChI is InChI=1S/C20H27N5O4/c1-5-10(3)21-17(26)11(4)22-18(27)13-9-14(12-7-8-12)23-16-15(13)19(28)24-20(29)25(16)6-2/h9-12H,5-8H2,1-4H3,(H,21,26)(H,22,27)(H,24,28,29). The van der Waals surface area contributed by atoms with Gasteiger partial charge in [-0.3, -0.25) is 23.9 Å². The van der Waals surface area contributed by atoms with Crippen LogP contribution in [0.25, 0.3) is 11.0 Å². The first kappa shape index (κ1) is 20.8. The largest absolute Gasteiger partial charge is 0.352 e. The number of rotatable bonds is 7. The maximum atomic E-state index is 13.0. The third-order valence-electron chi connectivity index (χ3n) is 5.27. The van der Waals surface area contributed by atoms with Crippen molar-refractivity contribution in [2.45, 2.75) is 71.5 Å². The quantitative estimate of drug-likeness (QED) is 0.638. The first-order valence-electron chi connectivity index (χ1n) is 10.1. The minimum atomic E-state index is -0.778. The molecule has 1 fully saturated rings. The number of carbonyl (C=O) groups is 2. The molecule has 0 aliphatic heterocycles. The highest BCUT2D eigenvalue weighted by Crippen LogP contribution is 2.39. The number of pyridine rings is 1. The molecule has 9 nitrogen and oxygen atoms in total. The summed E-state index contributed by atoms with van der Waals surface area (Å²) in [6, 6.07) is 0.820. The molecule has 0 radical (unpaired) electrons. The van der Waals surface area contributed by atoms with Crippen LogP contribution in [0.15, 0.2) is 15.7 Å². The van der Waals surface area contributed by atoms with Gasteiger partial charge in [-0.05, 0) is 46.1 Å². The number of amides is 2. The van der Waals surface area contributed by atoms with Crippen LogP contribution in [0.1, 0.15) is 68.9 Å². The molecule has 0 aromatic carbocycles. The van der Waals surface area contributed by atoms with Gasteiger partial charge in [0, 0.05) is 24.2 Å². The van der Waals surface area contributed by atoms with Gasteiger partial charge in [0.05, 0.1) is 10.9 Å². The van der Waals surface area contributed by atoms with E-state index in [1.54, 1.807) is 19.9 Å². The van der Waals surface area contributed by atoms with Crippen molar-refractivity contribution in [3.63, 3.8) is 0 Å². The molecule has 2 heterocycles. The van der Waals surface area contributed by atoms with E-state index in [-0.39, 0.29) is 34.5 Å². The van der Waals surface area contributed by atoms with Crippen LogP contribution >= 0.6 is 0 Å². The smallest absolute Gasteiger partial charge is 0.329 e. The molecule has 1 aliphatic rings. The first-order chi connectivity index (χ1) is 13.8. The Labute approximate surface area is 167 Å². The Bertz CT molecular complexity index is 1070. The Morgan fingerprint density at radius 1 is 1.24 bits per heavy atom. The molecule has 3 rings (SSSR count). The molecule has 9 heteroatoms. The highest BCUT2D eigenvalue weighted by molar-refractivity contribution is 6.06. The van der Waals surface area contributed by atoms with Crippen molar-refractivity contribution in [1.82, 2.24) is 25.2 Å². The monoisotopic (exact) mass is 401 g/mol. The van der Waals surface area contributed by atoms with Gasteiger partial charge >= 0.3 is 5.69 Å². The number of nitrogens with zero attached hydrogens (tertiary/aromatic N) is 2. The number of fused-ring (bicyclic) bond motifs is 1. The summed E-state index contributed by atoms with van der Waals surface area (Å²) in [6.45, 7) is 7.51. The zero-order valence-electron chi connectivity index (χ0n) is 17.2. The number of H-pyrrole nitrogens is 1. The molecule has 1 aliphatic carbocycles. The molecule has 2 atom stereocenters. The van der Waals surface area contributed by atoms with E-state index in [1.807, 2.05) is 13.8 Å². The van der Waals surface area contributed by atoms with E-state index >= 15 is 0 Å². The summed E-state index contributed by atoms with van der Waals surface area (Å²) in [5.41, 5.74) is -0.202. The van der Waals surface area contributed by atoms with Gasteiger partial charge in [0.2, 0.25) is 5.91 Å². The molecule has 29 heavy (non-hydrogen) atoms. The van der Waals surface area contributed by atoms with Crippen LogP contribution in [0, 0.1) is 0 Å². The van der Waals surface area contributed by atoms with E-state index in [9.17, 15) is 19.2 Å². The minimum Gasteiger partial charge on any atom is -0.352 e. The zero-order chi connectivity index (χ0) is 21.3. The lowest BCUT2D eigenvalue weighted by Crippen LogP contribution is -2.47. The maximum absolute atomic E-state index is 13.0. The van der Waals surface area contributed by atoms with Gasteiger partial charge in [0.1, 0.15) is 6.04 Å². The summed E-state index contributed by atoms with van der Waals surface area (Å²) in [4.78, 5) is 56.8. The predicted octanol–water partition coefficient (Wildman–Crippen LogP) is 1.02.